The molecule has 0 unspecified atom stereocenters. The van der Waals surface area contributed by atoms with Gasteiger partial charge in [0.15, 0.2) is 0 Å². The Kier molecular flexibility index (Phi) is 5.47. The fraction of sp³-hybridized carbons (Fsp3) is 0. The van der Waals surface area contributed by atoms with E-state index in [1.807, 2.05) is 48.6 Å². The summed E-state index contributed by atoms with van der Waals surface area (Å²) in [6.07, 6.45) is 8.19. The first-order valence-corrected chi connectivity index (χ1v) is 9.27. The maximum absolute atomic E-state index is 8.44. The van der Waals surface area contributed by atoms with Crippen molar-refractivity contribution in [2.24, 2.45) is 5.11 Å². The molecule has 0 aliphatic carbocycles. The van der Waals surface area contributed by atoms with E-state index in [9.17, 15) is 0 Å². The van der Waals surface area contributed by atoms with E-state index in [4.69, 9.17) is 5.53 Å². The zero-order chi connectivity index (χ0) is 19.9. The minimum atomic E-state index is 0.613. The van der Waals surface area contributed by atoms with Crippen LogP contribution in [-0.4, -0.2) is 4.98 Å². The van der Waals surface area contributed by atoms with Crippen LogP contribution in [-0.2, 0) is 0 Å². The zero-order valence-corrected chi connectivity index (χ0v) is 15.7. The van der Waals surface area contributed by atoms with Gasteiger partial charge in [0, 0.05) is 16.0 Å². The van der Waals surface area contributed by atoms with Crippen molar-refractivity contribution in [3.05, 3.63) is 118 Å². The van der Waals surface area contributed by atoms with Crippen LogP contribution in [0.15, 0.2) is 90.0 Å². The summed E-state index contributed by atoms with van der Waals surface area (Å²) in [4.78, 5) is 7.45. The molecule has 4 heteroatoms. The van der Waals surface area contributed by atoms with Crippen molar-refractivity contribution in [1.29, 1.82) is 0 Å². The number of benzene rings is 3. The Balaban J connectivity index is 1.44. The second kappa shape index (κ2) is 8.70. The van der Waals surface area contributed by atoms with Crippen LogP contribution < -0.4 is 0 Å². The Bertz CT molecular complexity index is 1230. The normalized spacial score (nSPS) is 11.2. The van der Waals surface area contributed by atoms with Gasteiger partial charge in [-0.3, -0.25) is 0 Å². The summed E-state index contributed by atoms with van der Waals surface area (Å²) < 4.78 is 0. The molecule has 0 saturated carbocycles. The fourth-order valence-corrected chi connectivity index (χ4v) is 2.97. The molecule has 0 spiro atoms. The monoisotopic (exact) mass is 374 g/mol. The number of para-hydroxylation sites is 1. The number of hydrogen-bond donors (Lipinski definition) is 0. The number of pyridine rings is 1. The van der Waals surface area contributed by atoms with Crippen LogP contribution in [0, 0.1) is 0 Å². The van der Waals surface area contributed by atoms with Gasteiger partial charge in [-0.1, -0.05) is 96.1 Å². The highest BCUT2D eigenvalue weighted by molar-refractivity contribution is 5.81. The van der Waals surface area contributed by atoms with Crippen molar-refractivity contribution < 1.29 is 0 Å². The smallest absolute Gasteiger partial charge is 0.0709 e. The van der Waals surface area contributed by atoms with Crippen LogP contribution in [0.1, 0.15) is 22.4 Å². The minimum absolute atomic E-state index is 0.613. The predicted octanol–water partition coefficient (Wildman–Crippen LogP) is 7.52. The third-order valence-corrected chi connectivity index (χ3v) is 4.52. The number of hydrogen-bond acceptors (Lipinski definition) is 2. The van der Waals surface area contributed by atoms with Crippen LogP contribution in [0.3, 0.4) is 0 Å². The summed E-state index contributed by atoms with van der Waals surface area (Å²) >= 11 is 0. The first-order valence-electron chi connectivity index (χ1n) is 9.27. The van der Waals surface area contributed by atoms with Crippen molar-refractivity contribution in [3.63, 3.8) is 0 Å². The van der Waals surface area contributed by atoms with E-state index in [1.165, 1.54) is 0 Å². The van der Waals surface area contributed by atoms with Crippen LogP contribution in [0.25, 0.3) is 45.6 Å². The molecule has 0 bridgehead atoms. The number of azide groups is 1. The average Bonchev–Trinajstić information content (AvgIpc) is 2.78. The molecule has 0 saturated heterocycles. The summed E-state index contributed by atoms with van der Waals surface area (Å²) in [6.45, 7) is 0. The highest BCUT2D eigenvalue weighted by Gasteiger charge is 1.95. The Labute approximate surface area is 169 Å². The molecule has 0 amide bonds. The van der Waals surface area contributed by atoms with Gasteiger partial charge in [-0.25, -0.2) is 4.98 Å². The largest absolute Gasteiger partial charge is 0.248 e. The van der Waals surface area contributed by atoms with Crippen molar-refractivity contribution in [3.8, 4) is 0 Å². The molecule has 0 radical (unpaired) electrons. The summed E-state index contributed by atoms with van der Waals surface area (Å²) in [5.74, 6) is 0. The molecule has 1 aromatic heterocycles. The molecule has 29 heavy (non-hydrogen) atoms. The lowest BCUT2D eigenvalue weighted by Crippen LogP contribution is -1.82. The highest BCUT2D eigenvalue weighted by Crippen LogP contribution is 2.17. The Morgan fingerprint density at radius 1 is 0.655 bits per heavy atom. The summed E-state index contributed by atoms with van der Waals surface area (Å²) in [5, 5.41) is 4.72. The molecule has 4 aromatic rings. The maximum atomic E-state index is 8.44. The second-order valence-electron chi connectivity index (χ2n) is 6.54. The topological polar surface area (TPSA) is 61.7 Å². The van der Waals surface area contributed by atoms with Gasteiger partial charge in [-0.2, -0.15) is 0 Å². The number of fused-ring (bicyclic) bond motifs is 1. The molecular formula is C25H18N4. The van der Waals surface area contributed by atoms with Gasteiger partial charge < -0.3 is 0 Å². The van der Waals surface area contributed by atoms with Gasteiger partial charge in [0.25, 0.3) is 0 Å². The van der Waals surface area contributed by atoms with Crippen molar-refractivity contribution >= 4 is 40.9 Å². The molecule has 0 fully saturated rings. The lowest BCUT2D eigenvalue weighted by atomic mass is 10.1. The number of rotatable bonds is 5. The summed E-state index contributed by atoms with van der Waals surface area (Å²) in [6, 6.07) is 28.0. The molecule has 138 valence electrons. The third-order valence-electron chi connectivity index (χ3n) is 4.52. The molecule has 0 aliphatic heterocycles. The first-order chi connectivity index (χ1) is 14.3. The molecular weight excluding hydrogens is 356 g/mol. The molecule has 1 heterocycles. The molecule has 3 aromatic carbocycles. The first kappa shape index (κ1) is 18.2. The SMILES string of the molecule is [N-]=[N+]=Nc1ccc(C=Cc2ccc(C=Cc3ccc4ccccc4n3)cc2)cc1. The van der Waals surface area contributed by atoms with Gasteiger partial charge in [0.05, 0.1) is 11.2 Å². The fourth-order valence-electron chi connectivity index (χ4n) is 2.97. The lowest BCUT2D eigenvalue weighted by Gasteiger charge is -1.99. The second-order valence-corrected chi connectivity index (χ2v) is 6.54. The standard InChI is InChI=1S/C25H18N4/c26-29-28-24-16-12-21(13-17-24)10-7-19-5-8-20(9-6-19)11-15-23-18-14-22-3-1-2-4-25(22)27-23/h1-18H. The Morgan fingerprint density at radius 3 is 1.90 bits per heavy atom. The molecule has 0 aliphatic rings. The van der Waals surface area contributed by atoms with Gasteiger partial charge in [-0.15, -0.1) is 0 Å². The van der Waals surface area contributed by atoms with Gasteiger partial charge in [0.1, 0.15) is 0 Å². The number of nitrogens with zero attached hydrogens (tertiary/aromatic N) is 4. The van der Waals surface area contributed by atoms with Crippen LogP contribution in [0.2, 0.25) is 0 Å². The van der Waals surface area contributed by atoms with E-state index in [0.29, 0.717) is 5.69 Å². The maximum Gasteiger partial charge on any atom is 0.0709 e. The minimum Gasteiger partial charge on any atom is -0.248 e. The van der Waals surface area contributed by atoms with Gasteiger partial charge in [-0.05, 0) is 40.4 Å². The van der Waals surface area contributed by atoms with E-state index in [0.717, 1.165) is 33.3 Å². The Hall–Kier alpha value is -4.14. The highest BCUT2D eigenvalue weighted by atomic mass is 15.1. The predicted molar refractivity (Wildman–Crippen MR) is 121 cm³/mol. The van der Waals surface area contributed by atoms with Crippen LogP contribution in [0.5, 0.6) is 0 Å². The Morgan fingerprint density at radius 2 is 1.24 bits per heavy atom. The zero-order valence-electron chi connectivity index (χ0n) is 15.7. The van der Waals surface area contributed by atoms with Crippen LogP contribution >= 0.6 is 0 Å². The van der Waals surface area contributed by atoms with Crippen molar-refractivity contribution in [2.45, 2.75) is 0 Å². The lowest BCUT2D eigenvalue weighted by molar-refractivity contribution is 1.37. The third kappa shape index (κ3) is 4.78. The molecule has 0 N–H and O–H groups in total. The molecule has 4 rings (SSSR count). The van der Waals surface area contributed by atoms with Gasteiger partial charge >= 0.3 is 0 Å². The molecule has 4 nitrogen and oxygen atoms in total. The average molecular weight is 374 g/mol. The van der Waals surface area contributed by atoms with Crippen LogP contribution in [0.4, 0.5) is 5.69 Å². The van der Waals surface area contributed by atoms with E-state index >= 15 is 0 Å². The number of aromatic nitrogens is 1. The van der Waals surface area contributed by atoms with E-state index in [-0.39, 0.29) is 0 Å². The van der Waals surface area contributed by atoms with Crippen molar-refractivity contribution in [1.82, 2.24) is 4.98 Å². The summed E-state index contributed by atoms with van der Waals surface area (Å²) in [7, 11) is 0. The molecule has 0 atom stereocenters. The van der Waals surface area contributed by atoms with E-state index in [1.54, 1.807) is 12.1 Å². The van der Waals surface area contributed by atoms with Gasteiger partial charge in [0.2, 0.25) is 0 Å². The van der Waals surface area contributed by atoms with E-state index < -0.39 is 0 Å². The quantitative estimate of drug-likeness (QED) is 0.154. The summed E-state index contributed by atoms with van der Waals surface area (Å²) in [5.41, 5.74) is 14.3. The van der Waals surface area contributed by atoms with E-state index in [2.05, 4.69) is 63.6 Å². The van der Waals surface area contributed by atoms with Crippen molar-refractivity contribution in [2.75, 3.05) is 0 Å².